The van der Waals surface area contributed by atoms with Crippen LogP contribution in [0.1, 0.15) is 25.8 Å². The van der Waals surface area contributed by atoms with E-state index in [0.29, 0.717) is 12.0 Å². The summed E-state index contributed by atoms with van der Waals surface area (Å²) in [6.45, 7) is 6.13. The van der Waals surface area contributed by atoms with Crippen LogP contribution in [-0.4, -0.2) is 28.4 Å². The largest absolute Gasteiger partial charge is 0.411 e. The predicted molar refractivity (Wildman–Crippen MR) is 74.3 cm³/mol. The van der Waals surface area contributed by atoms with E-state index in [0.717, 1.165) is 30.2 Å². The molecule has 4 heteroatoms. The predicted octanol–water partition coefficient (Wildman–Crippen LogP) is 3.40. The van der Waals surface area contributed by atoms with Crippen molar-refractivity contribution in [2.45, 2.75) is 32.9 Å². The SMILES string of the molecule is C[C@@H]1CN(Cc2ccc(Cl)cc2)[C@@H](C)CC1=NO. The first-order valence-corrected chi connectivity index (χ1v) is 6.67. The minimum Gasteiger partial charge on any atom is -0.411 e. The first-order chi connectivity index (χ1) is 8.60. The lowest BCUT2D eigenvalue weighted by Crippen LogP contribution is -2.44. The number of hydrogen-bond donors (Lipinski definition) is 1. The second-order valence-electron chi connectivity index (χ2n) is 5.10. The van der Waals surface area contributed by atoms with Gasteiger partial charge in [0.15, 0.2) is 0 Å². The lowest BCUT2D eigenvalue weighted by molar-refractivity contribution is 0.168. The van der Waals surface area contributed by atoms with E-state index in [1.54, 1.807) is 0 Å². The molecule has 0 unspecified atom stereocenters. The second-order valence-corrected chi connectivity index (χ2v) is 5.54. The molecule has 0 aromatic heterocycles. The number of nitrogens with zero attached hydrogens (tertiary/aromatic N) is 2. The van der Waals surface area contributed by atoms with Gasteiger partial charge in [0.2, 0.25) is 0 Å². The maximum absolute atomic E-state index is 8.94. The summed E-state index contributed by atoms with van der Waals surface area (Å²) < 4.78 is 0. The Hall–Kier alpha value is -1.06. The fraction of sp³-hybridized carbons (Fsp3) is 0.500. The molecule has 18 heavy (non-hydrogen) atoms. The van der Waals surface area contributed by atoms with E-state index in [-0.39, 0.29) is 0 Å². The van der Waals surface area contributed by atoms with Gasteiger partial charge in [-0.15, -0.1) is 0 Å². The van der Waals surface area contributed by atoms with Crippen LogP contribution < -0.4 is 0 Å². The molecular formula is C14H19ClN2O. The molecule has 2 rings (SSSR count). The Morgan fingerprint density at radius 2 is 2.00 bits per heavy atom. The van der Waals surface area contributed by atoms with Crippen molar-refractivity contribution in [3.05, 3.63) is 34.9 Å². The zero-order chi connectivity index (χ0) is 13.1. The van der Waals surface area contributed by atoms with E-state index in [1.807, 2.05) is 12.1 Å². The molecule has 0 bridgehead atoms. The zero-order valence-electron chi connectivity index (χ0n) is 10.8. The molecule has 2 atom stereocenters. The van der Waals surface area contributed by atoms with Gasteiger partial charge in [-0.3, -0.25) is 4.90 Å². The van der Waals surface area contributed by atoms with E-state index < -0.39 is 0 Å². The molecule has 1 aromatic carbocycles. The number of rotatable bonds is 2. The highest BCUT2D eigenvalue weighted by atomic mass is 35.5. The van der Waals surface area contributed by atoms with Crippen molar-refractivity contribution in [3.8, 4) is 0 Å². The second kappa shape index (κ2) is 5.72. The van der Waals surface area contributed by atoms with Gasteiger partial charge in [-0.1, -0.05) is 35.8 Å². The minimum atomic E-state index is 0.318. The quantitative estimate of drug-likeness (QED) is 0.658. The fourth-order valence-corrected chi connectivity index (χ4v) is 2.58. The molecular weight excluding hydrogens is 248 g/mol. The van der Waals surface area contributed by atoms with Crippen LogP contribution in [0.3, 0.4) is 0 Å². The summed E-state index contributed by atoms with van der Waals surface area (Å²) in [4.78, 5) is 2.42. The van der Waals surface area contributed by atoms with Crippen molar-refractivity contribution >= 4 is 17.3 Å². The molecule has 1 fully saturated rings. The molecule has 0 saturated carbocycles. The fourth-order valence-electron chi connectivity index (χ4n) is 2.45. The lowest BCUT2D eigenvalue weighted by Gasteiger charge is -2.37. The highest BCUT2D eigenvalue weighted by Gasteiger charge is 2.27. The summed E-state index contributed by atoms with van der Waals surface area (Å²) >= 11 is 5.89. The molecule has 3 nitrogen and oxygen atoms in total. The number of hydrogen-bond acceptors (Lipinski definition) is 3. The van der Waals surface area contributed by atoms with Crippen molar-refractivity contribution in [2.75, 3.05) is 6.54 Å². The van der Waals surface area contributed by atoms with Crippen LogP contribution in [0.5, 0.6) is 0 Å². The monoisotopic (exact) mass is 266 g/mol. The van der Waals surface area contributed by atoms with Crippen LogP contribution in [0.2, 0.25) is 5.02 Å². The molecule has 1 N–H and O–H groups in total. The Morgan fingerprint density at radius 1 is 1.33 bits per heavy atom. The Balaban J connectivity index is 2.03. The van der Waals surface area contributed by atoms with Crippen molar-refractivity contribution in [3.63, 3.8) is 0 Å². The maximum Gasteiger partial charge on any atom is 0.0627 e. The van der Waals surface area contributed by atoms with Gasteiger partial charge in [0, 0.05) is 36.5 Å². The van der Waals surface area contributed by atoms with E-state index in [1.165, 1.54) is 5.56 Å². The van der Waals surface area contributed by atoms with Gasteiger partial charge >= 0.3 is 0 Å². The Morgan fingerprint density at radius 3 is 2.61 bits per heavy atom. The number of piperidine rings is 1. The van der Waals surface area contributed by atoms with Crippen molar-refractivity contribution in [2.24, 2.45) is 11.1 Å². The van der Waals surface area contributed by atoms with Crippen molar-refractivity contribution in [1.82, 2.24) is 4.90 Å². The van der Waals surface area contributed by atoms with Crippen LogP contribution >= 0.6 is 11.6 Å². The number of halogens is 1. The van der Waals surface area contributed by atoms with E-state index in [4.69, 9.17) is 16.8 Å². The lowest BCUT2D eigenvalue weighted by atomic mass is 9.92. The Kier molecular flexibility index (Phi) is 4.25. The summed E-state index contributed by atoms with van der Waals surface area (Å²) in [7, 11) is 0. The number of benzene rings is 1. The van der Waals surface area contributed by atoms with Crippen molar-refractivity contribution in [1.29, 1.82) is 0 Å². The van der Waals surface area contributed by atoms with Gasteiger partial charge in [0.05, 0.1) is 5.71 Å². The van der Waals surface area contributed by atoms with Crippen LogP contribution in [0.15, 0.2) is 29.4 Å². The van der Waals surface area contributed by atoms with Crippen LogP contribution in [0.25, 0.3) is 0 Å². The molecule has 98 valence electrons. The average Bonchev–Trinajstić information content (AvgIpc) is 2.36. The molecule has 0 radical (unpaired) electrons. The van der Waals surface area contributed by atoms with E-state index >= 15 is 0 Å². The van der Waals surface area contributed by atoms with Crippen LogP contribution in [0, 0.1) is 5.92 Å². The first-order valence-electron chi connectivity index (χ1n) is 6.29. The number of oxime groups is 1. The van der Waals surface area contributed by atoms with Gasteiger partial charge < -0.3 is 5.21 Å². The maximum atomic E-state index is 8.94. The van der Waals surface area contributed by atoms with Gasteiger partial charge in [-0.2, -0.15) is 0 Å². The van der Waals surface area contributed by atoms with E-state index in [2.05, 4.69) is 36.0 Å². The summed E-state index contributed by atoms with van der Waals surface area (Å²) in [5.74, 6) is 0.318. The van der Waals surface area contributed by atoms with Gasteiger partial charge in [0.25, 0.3) is 0 Å². The van der Waals surface area contributed by atoms with Crippen LogP contribution in [0.4, 0.5) is 0 Å². The summed E-state index contributed by atoms with van der Waals surface area (Å²) in [5.41, 5.74) is 2.18. The van der Waals surface area contributed by atoms with Crippen LogP contribution in [-0.2, 0) is 6.54 Å². The smallest absolute Gasteiger partial charge is 0.0627 e. The average molecular weight is 267 g/mol. The third-order valence-corrected chi connectivity index (χ3v) is 3.88. The van der Waals surface area contributed by atoms with Gasteiger partial charge in [-0.25, -0.2) is 0 Å². The first kappa shape index (κ1) is 13.4. The molecule has 0 amide bonds. The third kappa shape index (κ3) is 3.03. The molecule has 0 aliphatic carbocycles. The van der Waals surface area contributed by atoms with Crippen molar-refractivity contribution < 1.29 is 5.21 Å². The molecule has 1 aliphatic rings. The topological polar surface area (TPSA) is 35.8 Å². The highest BCUT2D eigenvalue weighted by Crippen LogP contribution is 2.22. The van der Waals surface area contributed by atoms with Gasteiger partial charge in [0.1, 0.15) is 0 Å². The number of likely N-dealkylation sites (tertiary alicyclic amines) is 1. The molecule has 1 saturated heterocycles. The molecule has 1 aromatic rings. The summed E-state index contributed by atoms with van der Waals surface area (Å²) in [6.07, 6.45) is 0.839. The van der Waals surface area contributed by atoms with Gasteiger partial charge in [-0.05, 0) is 24.6 Å². The Bertz CT molecular complexity index is 430. The molecule has 1 heterocycles. The molecule has 1 aliphatic heterocycles. The molecule has 0 spiro atoms. The zero-order valence-corrected chi connectivity index (χ0v) is 11.6. The normalized spacial score (nSPS) is 27.6. The summed E-state index contributed by atoms with van der Waals surface area (Å²) in [6, 6.07) is 8.39. The third-order valence-electron chi connectivity index (χ3n) is 3.63. The Labute approximate surface area is 113 Å². The minimum absolute atomic E-state index is 0.318. The van der Waals surface area contributed by atoms with E-state index in [9.17, 15) is 0 Å². The standard InChI is InChI=1S/C14H19ClN2O/c1-10-8-17(11(2)7-14(10)16-18)9-12-3-5-13(15)6-4-12/h3-6,10-11,18H,7-9H2,1-2H3/t10-,11+/m1/s1. The summed E-state index contributed by atoms with van der Waals surface area (Å²) in [5, 5.41) is 13.1. The highest BCUT2D eigenvalue weighted by molar-refractivity contribution is 6.30.